The maximum Gasteiger partial charge on any atom is 0.360 e. The van der Waals surface area contributed by atoms with Crippen LogP contribution in [0.5, 0.6) is 5.75 Å². The molecule has 118 valence electrons. The van der Waals surface area contributed by atoms with Crippen molar-refractivity contribution >= 4 is 33.5 Å². The highest BCUT2D eigenvalue weighted by atomic mass is 79.9. The van der Waals surface area contributed by atoms with Gasteiger partial charge in [0.05, 0.1) is 23.5 Å². The van der Waals surface area contributed by atoms with Crippen molar-refractivity contribution in [2.45, 2.75) is 20.4 Å². The van der Waals surface area contributed by atoms with Crippen LogP contribution in [0, 0.1) is 0 Å². The number of rotatable bonds is 5. The van der Waals surface area contributed by atoms with E-state index >= 15 is 0 Å². The molecule has 0 spiro atoms. The summed E-state index contributed by atoms with van der Waals surface area (Å²) in [5.74, 6) is -0.544. The summed E-state index contributed by atoms with van der Waals surface area (Å²) < 4.78 is 34.2. The first kappa shape index (κ1) is 13.0. The molecule has 22 heavy (non-hydrogen) atoms. The molecule has 0 saturated carbocycles. The zero-order valence-corrected chi connectivity index (χ0v) is 14.4. The van der Waals surface area contributed by atoms with E-state index in [1.165, 1.54) is 10.7 Å². The van der Waals surface area contributed by atoms with Crippen LogP contribution >= 0.6 is 27.5 Å². The number of hydrogen-bond donors (Lipinski definition) is 0. The van der Waals surface area contributed by atoms with Gasteiger partial charge in [-0.25, -0.2) is 4.79 Å². The zero-order chi connectivity index (χ0) is 18.8. The number of esters is 1. The van der Waals surface area contributed by atoms with E-state index in [1.807, 2.05) is 6.92 Å². The van der Waals surface area contributed by atoms with Crippen molar-refractivity contribution < 1.29 is 18.4 Å². The van der Waals surface area contributed by atoms with Gasteiger partial charge in [-0.05, 0) is 32.0 Å². The van der Waals surface area contributed by atoms with Crippen molar-refractivity contribution in [3.8, 4) is 17.0 Å². The molecule has 5 nitrogen and oxygen atoms in total. The molecule has 0 amide bonds. The first-order valence-corrected chi connectivity index (χ1v) is 7.77. The van der Waals surface area contributed by atoms with Crippen LogP contribution in [0.2, 0.25) is 5.02 Å². The van der Waals surface area contributed by atoms with Gasteiger partial charge in [0, 0.05) is 16.6 Å². The standard InChI is InChI=1S/C15H16BrClN2O3/c1-4-19-14(10-7-6-9(16)8-11(10)21-3)12(17)13(18-19)15(20)22-5-2/h6-8H,4-5H2,1-3H3/i3D3. The largest absolute Gasteiger partial charge is 0.496 e. The molecule has 1 heterocycles. The molecule has 2 rings (SSSR count). The SMILES string of the molecule is [2H]C([2H])([2H])Oc1cc(Br)ccc1-c1c(Cl)c(C(=O)OCC)nn1CC. The van der Waals surface area contributed by atoms with Crippen LogP contribution in [0.4, 0.5) is 0 Å². The molecule has 7 heteroatoms. The second-order valence-corrected chi connectivity index (χ2v) is 5.58. The number of aryl methyl sites for hydroxylation is 1. The molecule has 2 aromatic rings. The fraction of sp³-hybridized carbons (Fsp3) is 0.333. The number of methoxy groups -OCH3 is 1. The summed E-state index contributed by atoms with van der Waals surface area (Å²) in [5.41, 5.74) is 0.774. The van der Waals surface area contributed by atoms with Gasteiger partial charge in [-0.1, -0.05) is 27.5 Å². The maximum atomic E-state index is 12.0. The highest BCUT2D eigenvalue weighted by Crippen LogP contribution is 2.38. The van der Waals surface area contributed by atoms with Gasteiger partial charge >= 0.3 is 5.97 Å². The summed E-state index contributed by atoms with van der Waals surface area (Å²) in [4.78, 5) is 12.0. The smallest absolute Gasteiger partial charge is 0.360 e. The van der Waals surface area contributed by atoms with Crippen molar-refractivity contribution in [3.63, 3.8) is 0 Å². The summed E-state index contributed by atoms with van der Waals surface area (Å²) in [6, 6.07) is 4.89. The minimum Gasteiger partial charge on any atom is -0.496 e. The average molecular weight is 391 g/mol. The highest BCUT2D eigenvalue weighted by molar-refractivity contribution is 9.10. The van der Waals surface area contributed by atoms with Gasteiger partial charge in [0.25, 0.3) is 0 Å². The Morgan fingerprint density at radius 1 is 1.50 bits per heavy atom. The van der Waals surface area contributed by atoms with E-state index in [1.54, 1.807) is 19.1 Å². The van der Waals surface area contributed by atoms with E-state index in [0.717, 1.165) is 0 Å². The van der Waals surface area contributed by atoms with E-state index in [0.29, 0.717) is 22.3 Å². The first-order valence-electron chi connectivity index (χ1n) is 8.10. The Kier molecular flexibility index (Phi) is 4.21. The van der Waals surface area contributed by atoms with Crippen LogP contribution in [0.15, 0.2) is 22.7 Å². The first-order chi connectivity index (χ1) is 11.7. The van der Waals surface area contributed by atoms with Gasteiger partial charge in [-0.3, -0.25) is 4.68 Å². The average Bonchev–Trinajstić information content (AvgIpc) is 2.83. The minimum atomic E-state index is -2.64. The number of nitrogens with zero attached hydrogens (tertiary/aromatic N) is 2. The second kappa shape index (κ2) is 7.15. The fourth-order valence-corrected chi connectivity index (χ4v) is 2.69. The molecule has 0 bridgehead atoms. The van der Waals surface area contributed by atoms with Crippen molar-refractivity contribution in [2.24, 2.45) is 0 Å². The van der Waals surface area contributed by atoms with Crippen molar-refractivity contribution in [1.29, 1.82) is 0 Å². The molecular weight excluding hydrogens is 372 g/mol. The van der Waals surface area contributed by atoms with Gasteiger partial charge in [0.15, 0.2) is 5.69 Å². The summed E-state index contributed by atoms with van der Waals surface area (Å²) in [5, 5.41) is 4.27. The van der Waals surface area contributed by atoms with E-state index in [9.17, 15) is 4.79 Å². The molecule has 0 N–H and O–H groups in total. The van der Waals surface area contributed by atoms with E-state index in [2.05, 4.69) is 21.0 Å². The van der Waals surface area contributed by atoms with Crippen LogP contribution in [0.3, 0.4) is 0 Å². The Labute approximate surface area is 146 Å². The number of carbonyl (C=O) groups excluding carboxylic acids is 1. The summed E-state index contributed by atoms with van der Waals surface area (Å²) >= 11 is 9.65. The van der Waals surface area contributed by atoms with Gasteiger partial charge in [-0.15, -0.1) is 0 Å². The van der Waals surface area contributed by atoms with Crippen molar-refractivity contribution in [2.75, 3.05) is 13.6 Å². The molecule has 0 aliphatic rings. The van der Waals surface area contributed by atoms with Crippen LogP contribution in [-0.4, -0.2) is 29.4 Å². The van der Waals surface area contributed by atoms with Crippen molar-refractivity contribution in [1.82, 2.24) is 9.78 Å². The maximum absolute atomic E-state index is 12.0. The monoisotopic (exact) mass is 389 g/mol. The lowest BCUT2D eigenvalue weighted by molar-refractivity contribution is 0.0518. The summed E-state index contributed by atoms with van der Waals surface area (Å²) in [6.07, 6.45) is 0. The van der Waals surface area contributed by atoms with Crippen LogP contribution in [-0.2, 0) is 11.3 Å². The molecule has 0 radical (unpaired) electrons. The van der Waals surface area contributed by atoms with Crippen LogP contribution in [0.1, 0.15) is 28.4 Å². The number of ether oxygens (including phenoxy) is 2. The quantitative estimate of drug-likeness (QED) is 0.719. The Morgan fingerprint density at radius 2 is 2.27 bits per heavy atom. The molecule has 0 atom stereocenters. The molecule has 0 unspecified atom stereocenters. The van der Waals surface area contributed by atoms with E-state index in [-0.39, 0.29) is 23.1 Å². The number of aromatic nitrogens is 2. The zero-order valence-electron chi connectivity index (χ0n) is 15.0. The predicted octanol–water partition coefficient (Wildman–Crippen LogP) is 4.17. The molecule has 0 aliphatic heterocycles. The van der Waals surface area contributed by atoms with Crippen LogP contribution in [0.25, 0.3) is 11.3 Å². The Balaban J connectivity index is 2.64. The summed E-state index contributed by atoms with van der Waals surface area (Å²) in [7, 11) is -2.64. The number of carbonyl (C=O) groups is 1. The predicted molar refractivity (Wildman–Crippen MR) is 88.6 cm³/mol. The van der Waals surface area contributed by atoms with Crippen molar-refractivity contribution in [3.05, 3.63) is 33.4 Å². The topological polar surface area (TPSA) is 53.4 Å². The van der Waals surface area contributed by atoms with E-state index < -0.39 is 13.0 Å². The van der Waals surface area contributed by atoms with E-state index in [4.69, 9.17) is 25.2 Å². The lowest BCUT2D eigenvalue weighted by Crippen LogP contribution is -2.07. The Morgan fingerprint density at radius 3 is 2.91 bits per heavy atom. The molecule has 0 fully saturated rings. The molecule has 0 aliphatic carbocycles. The number of hydrogen-bond acceptors (Lipinski definition) is 4. The lowest BCUT2D eigenvalue weighted by atomic mass is 10.1. The number of benzene rings is 1. The van der Waals surface area contributed by atoms with Gasteiger partial charge in [-0.2, -0.15) is 5.10 Å². The lowest BCUT2D eigenvalue weighted by Gasteiger charge is -2.11. The Hall–Kier alpha value is -1.53. The Bertz CT molecular complexity index is 793. The third-order valence-corrected chi connectivity index (χ3v) is 3.82. The normalized spacial score (nSPS) is 13.2. The molecule has 0 saturated heterocycles. The van der Waals surface area contributed by atoms with Gasteiger partial charge < -0.3 is 9.47 Å². The summed E-state index contributed by atoms with van der Waals surface area (Å²) in [6.45, 7) is 4.11. The third kappa shape index (κ3) is 3.13. The van der Waals surface area contributed by atoms with Gasteiger partial charge in [0.2, 0.25) is 0 Å². The second-order valence-electron chi connectivity index (χ2n) is 4.29. The van der Waals surface area contributed by atoms with Crippen LogP contribution < -0.4 is 4.74 Å². The minimum absolute atomic E-state index is 0.0249. The van der Waals surface area contributed by atoms with Gasteiger partial charge in [0.1, 0.15) is 10.8 Å². The molecule has 1 aromatic heterocycles. The third-order valence-electron chi connectivity index (χ3n) is 2.97. The highest BCUT2D eigenvalue weighted by Gasteiger charge is 2.25. The fourth-order valence-electron chi connectivity index (χ4n) is 2.03. The molecular formula is C15H16BrClN2O3. The number of halogens is 2. The molecule has 1 aromatic carbocycles.